The van der Waals surface area contributed by atoms with Gasteiger partial charge in [0.2, 0.25) is 10.0 Å². The summed E-state index contributed by atoms with van der Waals surface area (Å²) in [7, 11) is -2.06. The van der Waals surface area contributed by atoms with Crippen molar-refractivity contribution in [3.63, 3.8) is 0 Å². The first kappa shape index (κ1) is 18.4. The third-order valence-electron chi connectivity index (χ3n) is 4.61. The van der Waals surface area contributed by atoms with Crippen molar-refractivity contribution in [2.24, 2.45) is 5.92 Å². The topological polar surface area (TPSA) is 58.6 Å². The molecule has 7 heteroatoms. The molecule has 0 aliphatic carbocycles. The van der Waals surface area contributed by atoms with Gasteiger partial charge in [-0.2, -0.15) is 11.3 Å². The molecule has 2 heterocycles. The van der Waals surface area contributed by atoms with Gasteiger partial charge in [-0.25, -0.2) is 13.1 Å². The van der Waals surface area contributed by atoms with Crippen LogP contribution in [0.25, 0.3) is 0 Å². The van der Waals surface area contributed by atoms with Gasteiger partial charge in [0.25, 0.3) is 0 Å². The molecule has 0 unspecified atom stereocenters. The van der Waals surface area contributed by atoms with E-state index in [1.54, 1.807) is 35.6 Å². The van der Waals surface area contributed by atoms with Crippen molar-refractivity contribution in [3.8, 4) is 5.75 Å². The third kappa shape index (κ3) is 4.82. The molecule has 1 aromatic carbocycles. The van der Waals surface area contributed by atoms with E-state index in [1.165, 1.54) is 12.7 Å². The van der Waals surface area contributed by atoms with Gasteiger partial charge in [-0.05, 0) is 66.4 Å². The summed E-state index contributed by atoms with van der Waals surface area (Å²) >= 11 is 1.73. The van der Waals surface area contributed by atoms with E-state index in [0.717, 1.165) is 32.5 Å². The first-order valence-corrected chi connectivity index (χ1v) is 10.9. The van der Waals surface area contributed by atoms with Crippen LogP contribution in [0.4, 0.5) is 0 Å². The Hall–Kier alpha value is -1.41. The van der Waals surface area contributed by atoms with Crippen molar-refractivity contribution >= 4 is 21.4 Å². The zero-order chi connectivity index (χ0) is 17.7. The van der Waals surface area contributed by atoms with Crippen LogP contribution in [0.15, 0.2) is 46.0 Å². The molecule has 1 saturated heterocycles. The Kier molecular flexibility index (Phi) is 6.11. The maximum absolute atomic E-state index is 12.5. The molecule has 1 aromatic heterocycles. The minimum absolute atomic E-state index is 0.201. The van der Waals surface area contributed by atoms with Gasteiger partial charge in [-0.15, -0.1) is 0 Å². The van der Waals surface area contributed by atoms with Crippen LogP contribution in [0.5, 0.6) is 5.75 Å². The second kappa shape index (κ2) is 8.31. The summed E-state index contributed by atoms with van der Waals surface area (Å²) in [6, 6.07) is 8.88. The summed E-state index contributed by atoms with van der Waals surface area (Å²) in [6.07, 6.45) is 2.02. The lowest BCUT2D eigenvalue weighted by atomic mass is 9.97. The fraction of sp³-hybridized carbons (Fsp3) is 0.444. The number of hydrogen-bond donors (Lipinski definition) is 1. The number of sulfonamides is 1. The molecule has 2 aromatic rings. The van der Waals surface area contributed by atoms with Gasteiger partial charge < -0.3 is 4.74 Å². The van der Waals surface area contributed by atoms with E-state index in [2.05, 4.69) is 26.4 Å². The summed E-state index contributed by atoms with van der Waals surface area (Å²) in [5.41, 5.74) is 1.36. The second-order valence-corrected chi connectivity index (χ2v) is 8.87. The van der Waals surface area contributed by atoms with Gasteiger partial charge in [0.05, 0.1) is 7.11 Å². The number of piperidine rings is 1. The van der Waals surface area contributed by atoms with E-state index in [4.69, 9.17) is 4.74 Å². The smallest absolute Gasteiger partial charge is 0.244 e. The van der Waals surface area contributed by atoms with Crippen LogP contribution in [-0.2, 0) is 16.6 Å². The van der Waals surface area contributed by atoms with Crippen LogP contribution in [-0.4, -0.2) is 40.1 Å². The lowest BCUT2D eigenvalue weighted by Gasteiger charge is -2.31. The highest BCUT2D eigenvalue weighted by molar-refractivity contribution is 7.89. The summed E-state index contributed by atoms with van der Waals surface area (Å²) < 4.78 is 33.0. The molecule has 1 N–H and O–H groups in total. The SMILES string of the molecule is COc1ccccc1S(=O)(=O)NCC1CCN(Cc2ccsc2)CC1. The number of nitrogens with one attached hydrogen (secondary N) is 1. The van der Waals surface area contributed by atoms with Gasteiger partial charge in [-0.3, -0.25) is 4.90 Å². The lowest BCUT2D eigenvalue weighted by Crippen LogP contribution is -2.38. The molecule has 0 bridgehead atoms. The first-order valence-electron chi connectivity index (χ1n) is 8.44. The highest BCUT2D eigenvalue weighted by atomic mass is 32.2. The number of ether oxygens (including phenoxy) is 1. The predicted octanol–water partition coefficient (Wildman–Crippen LogP) is 2.95. The molecule has 25 heavy (non-hydrogen) atoms. The fourth-order valence-electron chi connectivity index (χ4n) is 3.14. The summed E-state index contributed by atoms with van der Waals surface area (Å²) in [4.78, 5) is 2.64. The number of hydrogen-bond acceptors (Lipinski definition) is 5. The quantitative estimate of drug-likeness (QED) is 0.802. The Bertz CT molecular complexity index is 767. The molecular weight excluding hydrogens is 356 g/mol. The number of benzene rings is 1. The van der Waals surface area contributed by atoms with E-state index in [0.29, 0.717) is 18.2 Å². The number of thiophene rings is 1. The van der Waals surface area contributed by atoms with Crippen molar-refractivity contribution in [2.75, 3.05) is 26.7 Å². The van der Waals surface area contributed by atoms with Gasteiger partial charge in [0, 0.05) is 13.1 Å². The van der Waals surface area contributed by atoms with Gasteiger partial charge in [0.15, 0.2) is 0 Å². The lowest BCUT2D eigenvalue weighted by molar-refractivity contribution is 0.178. The Morgan fingerprint density at radius 1 is 1.24 bits per heavy atom. The molecule has 0 radical (unpaired) electrons. The van der Waals surface area contributed by atoms with Crippen LogP contribution in [0, 0.1) is 5.92 Å². The Morgan fingerprint density at radius 3 is 2.68 bits per heavy atom. The van der Waals surface area contributed by atoms with Crippen molar-refractivity contribution in [2.45, 2.75) is 24.3 Å². The molecular formula is C18H24N2O3S2. The molecule has 0 atom stereocenters. The van der Waals surface area contributed by atoms with Crippen LogP contribution in [0.2, 0.25) is 0 Å². The average molecular weight is 381 g/mol. The molecule has 0 amide bonds. The summed E-state index contributed by atoms with van der Waals surface area (Å²) in [6.45, 7) is 3.49. The second-order valence-electron chi connectivity index (χ2n) is 6.35. The van der Waals surface area contributed by atoms with E-state index in [1.807, 2.05) is 0 Å². The van der Waals surface area contributed by atoms with Crippen LogP contribution in [0.1, 0.15) is 18.4 Å². The summed E-state index contributed by atoms with van der Waals surface area (Å²) in [5.74, 6) is 0.754. The molecule has 1 fully saturated rings. The molecule has 136 valence electrons. The monoisotopic (exact) mass is 380 g/mol. The van der Waals surface area contributed by atoms with Crippen molar-refractivity contribution < 1.29 is 13.2 Å². The fourth-order valence-corrected chi connectivity index (χ4v) is 5.08. The van der Waals surface area contributed by atoms with Crippen molar-refractivity contribution in [1.29, 1.82) is 0 Å². The highest BCUT2D eigenvalue weighted by Crippen LogP contribution is 2.24. The number of likely N-dealkylation sites (tertiary alicyclic amines) is 1. The number of nitrogens with zero attached hydrogens (tertiary/aromatic N) is 1. The maximum atomic E-state index is 12.5. The maximum Gasteiger partial charge on any atom is 0.244 e. The van der Waals surface area contributed by atoms with E-state index < -0.39 is 10.0 Å². The molecule has 3 rings (SSSR count). The van der Waals surface area contributed by atoms with E-state index >= 15 is 0 Å². The van der Waals surface area contributed by atoms with E-state index in [-0.39, 0.29) is 4.90 Å². The average Bonchev–Trinajstić information content (AvgIpc) is 3.14. The number of para-hydroxylation sites is 1. The zero-order valence-electron chi connectivity index (χ0n) is 14.3. The minimum atomic E-state index is -3.54. The molecule has 0 spiro atoms. The number of methoxy groups -OCH3 is 1. The van der Waals surface area contributed by atoms with Crippen molar-refractivity contribution in [1.82, 2.24) is 9.62 Å². The molecule has 1 aliphatic rings. The van der Waals surface area contributed by atoms with Crippen LogP contribution >= 0.6 is 11.3 Å². The molecule has 1 aliphatic heterocycles. The van der Waals surface area contributed by atoms with Crippen molar-refractivity contribution in [3.05, 3.63) is 46.7 Å². The Morgan fingerprint density at radius 2 is 2.00 bits per heavy atom. The van der Waals surface area contributed by atoms with Crippen LogP contribution < -0.4 is 9.46 Å². The molecule has 0 saturated carbocycles. The minimum Gasteiger partial charge on any atom is -0.495 e. The van der Waals surface area contributed by atoms with Gasteiger partial charge in [-0.1, -0.05) is 12.1 Å². The molecule has 5 nitrogen and oxygen atoms in total. The highest BCUT2D eigenvalue weighted by Gasteiger charge is 2.23. The Labute approximate surface area is 153 Å². The van der Waals surface area contributed by atoms with E-state index in [9.17, 15) is 8.42 Å². The normalized spacial score (nSPS) is 16.8. The standard InChI is InChI=1S/C18H24N2O3S2/c1-23-17-4-2-3-5-18(17)25(21,22)19-12-15-6-9-20(10-7-15)13-16-8-11-24-14-16/h2-5,8,11,14-15,19H,6-7,9-10,12-13H2,1H3. The van der Waals surface area contributed by atoms with Crippen LogP contribution in [0.3, 0.4) is 0 Å². The van der Waals surface area contributed by atoms with Gasteiger partial charge in [0.1, 0.15) is 10.6 Å². The number of rotatable bonds is 7. The first-order chi connectivity index (χ1) is 12.1. The largest absolute Gasteiger partial charge is 0.495 e. The predicted molar refractivity (Wildman–Crippen MR) is 101 cm³/mol. The zero-order valence-corrected chi connectivity index (χ0v) is 16.0. The summed E-state index contributed by atoms with van der Waals surface area (Å²) in [5, 5.41) is 4.29. The van der Waals surface area contributed by atoms with Gasteiger partial charge >= 0.3 is 0 Å². The Balaban J connectivity index is 1.51. The third-order valence-corrected chi connectivity index (χ3v) is 6.81.